The summed E-state index contributed by atoms with van der Waals surface area (Å²) in [6, 6.07) is 0. The molecular formula is C11H23NO2S. The Bertz CT molecular complexity index is 199. The highest BCUT2D eigenvalue weighted by Crippen LogP contribution is 2.16. The van der Waals surface area contributed by atoms with E-state index in [4.69, 9.17) is 4.74 Å². The molecule has 0 bridgehead atoms. The fourth-order valence-corrected chi connectivity index (χ4v) is 1.32. The first kappa shape index (κ1) is 14.6. The number of rotatable bonds is 5. The third-order valence-corrected chi connectivity index (χ3v) is 1.77. The Morgan fingerprint density at radius 3 is 2.33 bits per heavy atom. The molecule has 0 N–H and O–H groups in total. The van der Waals surface area contributed by atoms with E-state index in [-0.39, 0.29) is 6.09 Å². The van der Waals surface area contributed by atoms with E-state index in [1.165, 1.54) is 0 Å². The maximum atomic E-state index is 11.7. The molecule has 0 saturated heterocycles. The van der Waals surface area contributed by atoms with Crippen LogP contribution in [-0.4, -0.2) is 29.0 Å². The van der Waals surface area contributed by atoms with Gasteiger partial charge in [-0.1, -0.05) is 20.8 Å². The van der Waals surface area contributed by atoms with Gasteiger partial charge in [-0.2, -0.15) is 0 Å². The van der Waals surface area contributed by atoms with Gasteiger partial charge in [-0.3, -0.25) is 0 Å². The Hall–Kier alpha value is -0.380. The highest BCUT2D eigenvalue weighted by molar-refractivity contribution is 7.81. The summed E-state index contributed by atoms with van der Waals surface area (Å²) >= 11 is 4.18. The third kappa shape index (κ3) is 7.54. The smallest absolute Gasteiger partial charge is 0.411 e. The summed E-state index contributed by atoms with van der Waals surface area (Å²) in [4.78, 5) is 12.8. The number of hydrogen-bond donors (Lipinski definition) is 1. The maximum Gasteiger partial charge on any atom is 0.411 e. The number of nitrogens with zero attached hydrogens (tertiary/aromatic N) is 1. The van der Waals surface area contributed by atoms with Crippen molar-refractivity contribution in [1.82, 2.24) is 4.90 Å². The van der Waals surface area contributed by atoms with Crippen molar-refractivity contribution in [3.05, 3.63) is 0 Å². The standard InChI is InChI=1S/C11H23NO2S/c1-6-7-12(8-9(2)3)10(13)14-11(4,5)15/h9,15H,6-8H2,1-5H3. The van der Waals surface area contributed by atoms with Crippen LogP contribution >= 0.6 is 12.6 Å². The van der Waals surface area contributed by atoms with Crippen LogP contribution in [-0.2, 0) is 4.74 Å². The van der Waals surface area contributed by atoms with E-state index in [1.54, 1.807) is 18.7 Å². The van der Waals surface area contributed by atoms with Crippen molar-refractivity contribution in [2.75, 3.05) is 13.1 Å². The van der Waals surface area contributed by atoms with E-state index in [0.29, 0.717) is 5.92 Å². The lowest BCUT2D eigenvalue weighted by Crippen LogP contribution is -2.38. The second-order valence-corrected chi connectivity index (χ2v) is 5.73. The first-order chi connectivity index (χ1) is 6.76. The van der Waals surface area contributed by atoms with E-state index in [0.717, 1.165) is 19.5 Å². The first-order valence-electron chi connectivity index (χ1n) is 5.46. The van der Waals surface area contributed by atoms with Gasteiger partial charge in [0.25, 0.3) is 0 Å². The van der Waals surface area contributed by atoms with Gasteiger partial charge in [0, 0.05) is 13.1 Å². The second-order valence-electron chi connectivity index (χ2n) is 4.65. The van der Waals surface area contributed by atoms with Crippen molar-refractivity contribution < 1.29 is 9.53 Å². The van der Waals surface area contributed by atoms with Crippen molar-refractivity contribution in [3.8, 4) is 0 Å². The molecule has 4 heteroatoms. The SMILES string of the molecule is CCCN(CC(C)C)C(=O)OC(C)(C)S. The average molecular weight is 233 g/mol. The van der Waals surface area contributed by atoms with Crippen LogP contribution in [0.25, 0.3) is 0 Å². The number of thiol groups is 1. The molecule has 90 valence electrons. The average Bonchev–Trinajstić information content (AvgIpc) is 1.99. The Morgan fingerprint density at radius 1 is 1.47 bits per heavy atom. The number of carbonyl (C=O) groups excluding carboxylic acids is 1. The highest BCUT2D eigenvalue weighted by atomic mass is 32.1. The number of ether oxygens (including phenoxy) is 1. The summed E-state index contributed by atoms with van der Waals surface area (Å²) in [7, 11) is 0. The van der Waals surface area contributed by atoms with Crippen molar-refractivity contribution in [2.45, 2.75) is 46.0 Å². The molecule has 0 aliphatic heterocycles. The Balaban J connectivity index is 4.28. The number of amides is 1. The van der Waals surface area contributed by atoms with E-state index in [9.17, 15) is 4.79 Å². The molecule has 15 heavy (non-hydrogen) atoms. The molecule has 0 radical (unpaired) electrons. The molecule has 0 heterocycles. The van der Waals surface area contributed by atoms with Gasteiger partial charge < -0.3 is 9.64 Å². The second kappa shape index (κ2) is 6.26. The topological polar surface area (TPSA) is 29.5 Å². The van der Waals surface area contributed by atoms with Gasteiger partial charge in [0.15, 0.2) is 4.93 Å². The molecule has 0 aromatic rings. The molecule has 0 fully saturated rings. The van der Waals surface area contributed by atoms with Crippen molar-refractivity contribution in [2.24, 2.45) is 5.92 Å². The molecule has 0 aliphatic carbocycles. The fourth-order valence-electron chi connectivity index (χ4n) is 1.25. The summed E-state index contributed by atoms with van der Waals surface area (Å²) in [6.07, 6.45) is 0.667. The zero-order valence-electron chi connectivity index (χ0n) is 10.4. The highest BCUT2D eigenvalue weighted by Gasteiger charge is 2.22. The Labute approximate surface area is 98.6 Å². The van der Waals surface area contributed by atoms with E-state index >= 15 is 0 Å². The number of carbonyl (C=O) groups is 1. The minimum atomic E-state index is -0.708. The summed E-state index contributed by atoms with van der Waals surface area (Å²) in [5.41, 5.74) is 0. The van der Waals surface area contributed by atoms with Crippen LogP contribution in [0.3, 0.4) is 0 Å². The van der Waals surface area contributed by atoms with Gasteiger partial charge in [-0.25, -0.2) is 4.79 Å². The van der Waals surface area contributed by atoms with Gasteiger partial charge in [0.2, 0.25) is 0 Å². The summed E-state index contributed by atoms with van der Waals surface area (Å²) in [6.45, 7) is 11.2. The van der Waals surface area contributed by atoms with E-state index < -0.39 is 4.93 Å². The van der Waals surface area contributed by atoms with Gasteiger partial charge in [-0.05, 0) is 26.2 Å². The van der Waals surface area contributed by atoms with Crippen molar-refractivity contribution >= 4 is 18.7 Å². The minimum absolute atomic E-state index is 0.273. The van der Waals surface area contributed by atoms with Gasteiger partial charge in [0.05, 0.1) is 0 Å². The molecule has 0 rings (SSSR count). The predicted molar refractivity (Wildman–Crippen MR) is 66.2 cm³/mol. The Morgan fingerprint density at radius 2 is 2.00 bits per heavy atom. The summed E-state index contributed by atoms with van der Waals surface area (Å²) in [5.74, 6) is 0.451. The summed E-state index contributed by atoms with van der Waals surface area (Å²) < 4.78 is 5.20. The quantitative estimate of drug-likeness (QED) is 0.584. The lowest BCUT2D eigenvalue weighted by Gasteiger charge is -2.27. The fraction of sp³-hybridized carbons (Fsp3) is 0.909. The molecule has 0 spiro atoms. The van der Waals surface area contributed by atoms with Crippen LogP contribution in [0.15, 0.2) is 0 Å². The molecule has 0 aliphatic rings. The Kier molecular flexibility index (Phi) is 6.10. The van der Waals surface area contributed by atoms with E-state index in [1.807, 2.05) is 6.92 Å². The van der Waals surface area contributed by atoms with Crippen molar-refractivity contribution in [1.29, 1.82) is 0 Å². The van der Waals surface area contributed by atoms with Gasteiger partial charge >= 0.3 is 6.09 Å². The molecule has 0 aromatic heterocycles. The van der Waals surface area contributed by atoms with E-state index in [2.05, 4.69) is 26.5 Å². The monoisotopic (exact) mass is 233 g/mol. The van der Waals surface area contributed by atoms with Gasteiger partial charge in [-0.15, -0.1) is 12.6 Å². The normalized spacial score (nSPS) is 11.7. The molecule has 0 aromatic carbocycles. The molecule has 0 unspecified atom stereocenters. The molecule has 0 saturated carbocycles. The summed E-state index contributed by atoms with van der Waals surface area (Å²) in [5, 5.41) is 0. The molecule has 1 amide bonds. The van der Waals surface area contributed by atoms with Crippen LogP contribution in [0, 0.1) is 5.92 Å². The zero-order valence-corrected chi connectivity index (χ0v) is 11.3. The van der Waals surface area contributed by atoms with Crippen LogP contribution in [0.1, 0.15) is 41.0 Å². The lowest BCUT2D eigenvalue weighted by molar-refractivity contribution is 0.0599. The third-order valence-electron chi connectivity index (χ3n) is 1.67. The molecule has 3 nitrogen and oxygen atoms in total. The first-order valence-corrected chi connectivity index (χ1v) is 5.91. The van der Waals surface area contributed by atoms with Crippen LogP contribution in [0.4, 0.5) is 4.79 Å². The van der Waals surface area contributed by atoms with Crippen LogP contribution < -0.4 is 0 Å². The van der Waals surface area contributed by atoms with Crippen LogP contribution in [0.5, 0.6) is 0 Å². The van der Waals surface area contributed by atoms with Crippen LogP contribution in [0.2, 0.25) is 0 Å². The molecular weight excluding hydrogens is 210 g/mol. The lowest BCUT2D eigenvalue weighted by atomic mass is 10.2. The van der Waals surface area contributed by atoms with Crippen molar-refractivity contribution in [3.63, 3.8) is 0 Å². The number of hydrogen-bond acceptors (Lipinski definition) is 3. The minimum Gasteiger partial charge on any atom is -0.433 e. The maximum absolute atomic E-state index is 11.7. The predicted octanol–water partition coefficient (Wildman–Crippen LogP) is 3.16. The molecule has 0 atom stereocenters. The zero-order chi connectivity index (χ0) is 12.1. The largest absolute Gasteiger partial charge is 0.433 e. The van der Waals surface area contributed by atoms with Gasteiger partial charge in [0.1, 0.15) is 0 Å².